The maximum absolute atomic E-state index is 12.5. The van der Waals surface area contributed by atoms with Crippen LogP contribution in [0.15, 0.2) is 30.3 Å². The summed E-state index contributed by atoms with van der Waals surface area (Å²) in [6.45, 7) is 6.58. The zero-order valence-corrected chi connectivity index (χ0v) is 17.8. The average molecular weight is 421 g/mol. The van der Waals surface area contributed by atoms with Gasteiger partial charge in [-0.25, -0.2) is 0 Å². The SMILES string of the molecule is CC(C)C[C@H](NC(=O)[C@H](C)NC(=O)[C@@H](N)Cc1ccccc1)C(=O)N[C@@H](C)C(=O)O. The fraction of sp³-hybridized carbons (Fsp3) is 0.524. The van der Waals surface area contributed by atoms with Crippen LogP contribution >= 0.6 is 0 Å². The molecule has 4 atom stereocenters. The Labute approximate surface area is 176 Å². The number of aliphatic carboxylic acids is 1. The molecule has 1 aromatic carbocycles. The van der Waals surface area contributed by atoms with Gasteiger partial charge in [0, 0.05) is 0 Å². The van der Waals surface area contributed by atoms with Crippen molar-refractivity contribution in [1.29, 1.82) is 0 Å². The van der Waals surface area contributed by atoms with Crippen molar-refractivity contribution < 1.29 is 24.3 Å². The lowest BCUT2D eigenvalue weighted by atomic mass is 10.0. The van der Waals surface area contributed by atoms with Gasteiger partial charge in [-0.15, -0.1) is 0 Å². The molecule has 0 saturated carbocycles. The van der Waals surface area contributed by atoms with Crippen LogP contribution in [0.25, 0.3) is 0 Å². The van der Waals surface area contributed by atoms with Crippen LogP contribution in [0.1, 0.15) is 39.7 Å². The van der Waals surface area contributed by atoms with E-state index in [0.717, 1.165) is 5.56 Å². The van der Waals surface area contributed by atoms with Gasteiger partial charge < -0.3 is 26.8 Å². The molecule has 6 N–H and O–H groups in total. The maximum atomic E-state index is 12.5. The number of benzene rings is 1. The molecule has 166 valence electrons. The number of carboxylic acids is 1. The van der Waals surface area contributed by atoms with E-state index < -0.39 is 47.9 Å². The van der Waals surface area contributed by atoms with Crippen LogP contribution in [-0.4, -0.2) is 53.0 Å². The van der Waals surface area contributed by atoms with Crippen molar-refractivity contribution in [3.05, 3.63) is 35.9 Å². The lowest BCUT2D eigenvalue weighted by Gasteiger charge is -2.24. The fourth-order valence-electron chi connectivity index (χ4n) is 2.72. The molecule has 0 fully saturated rings. The summed E-state index contributed by atoms with van der Waals surface area (Å²) in [4.78, 5) is 48.2. The molecular weight excluding hydrogens is 388 g/mol. The normalized spacial score (nSPS) is 14.9. The molecule has 0 aliphatic heterocycles. The van der Waals surface area contributed by atoms with Crippen molar-refractivity contribution in [2.75, 3.05) is 0 Å². The Balaban J connectivity index is 2.67. The molecular formula is C21H32N4O5. The molecule has 0 saturated heterocycles. The number of rotatable bonds is 11. The van der Waals surface area contributed by atoms with Crippen LogP contribution in [0.4, 0.5) is 0 Å². The molecule has 0 aliphatic rings. The van der Waals surface area contributed by atoms with Crippen molar-refractivity contribution >= 4 is 23.7 Å². The Kier molecular flexibility index (Phi) is 9.97. The monoisotopic (exact) mass is 420 g/mol. The molecule has 0 bridgehead atoms. The molecule has 9 heteroatoms. The summed E-state index contributed by atoms with van der Waals surface area (Å²) in [7, 11) is 0. The van der Waals surface area contributed by atoms with Gasteiger partial charge in [0.15, 0.2) is 0 Å². The smallest absolute Gasteiger partial charge is 0.325 e. The second-order valence-corrected chi connectivity index (χ2v) is 7.79. The number of carbonyl (C=O) groups excluding carboxylic acids is 3. The van der Waals surface area contributed by atoms with Crippen molar-refractivity contribution in [3.63, 3.8) is 0 Å². The summed E-state index contributed by atoms with van der Waals surface area (Å²) in [5, 5.41) is 16.5. The van der Waals surface area contributed by atoms with Crippen LogP contribution in [0.2, 0.25) is 0 Å². The standard InChI is InChI=1S/C21H32N4O5/c1-12(2)10-17(20(28)24-14(4)21(29)30)25-18(26)13(3)23-19(27)16(22)11-15-8-6-5-7-9-15/h5-9,12-14,16-17H,10-11,22H2,1-4H3,(H,23,27)(H,24,28)(H,25,26)(H,29,30)/t13-,14-,16-,17-/m0/s1. The van der Waals surface area contributed by atoms with E-state index in [1.165, 1.54) is 13.8 Å². The van der Waals surface area contributed by atoms with Gasteiger partial charge >= 0.3 is 5.97 Å². The van der Waals surface area contributed by atoms with Gasteiger partial charge in [-0.05, 0) is 38.2 Å². The quantitative estimate of drug-likeness (QED) is 0.345. The number of nitrogens with two attached hydrogens (primary N) is 1. The minimum Gasteiger partial charge on any atom is -0.480 e. The first kappa shape index (κ1) is 25.1. The molecule has 1 rings (SSSR count). The topological polar surface area (TPSA) is 151 Å². The predicted molar refractivity (Wildman–Crippen MR) is 112 cm³/mol. The number of hydrogen-bond acceptors (Lipinski definition) is 5. The van der Waals surface area contributed by atoms with Gasteiger partial charge in [0.25, 0.3) is 0 Å². The third-order valence-corrected chi connectivity index (χ3v) is 4.46. The van der Waals surface area contributed by atoms with Gasteiger partial charge in [0.1, 0.15) is 18.1 Å². The number of nitrogens with one attached hydrogen (secondary N) is 3. The van der Waals surface area contributed by atoms with E-state index >= 15 is 0 Å². The number of carboxylic acid groups (broad SMARTS) is 1. The molecule has 0 unspecified atom stereocenters. The molecule has 0 heterocycles. The van der Waals surface area contributed by atoms with E-state index in [2.05, 4.69) is 16.0 Å². The second-order valence-electron chi connectivity index (χ2n) is 7.79. The largest absolute Gasteiger partial charge is 0.480 e. The van der Waals surface area contributed by atoms with Crippen molar-refractivity contribution in [1.82, 2.24) is 16.0 Å². The molecule has 9 nitrogen and oxygen atoms in total. The van der Waals surface area contributed by atoms with Gasteiger partial charge in [-0.3, -0.25) is 19.2 Å². The highest BCUT2D eigenvalue weighted by Gasteiger charge is 2.27. The van der Waals surface area contributed by atoms with Crippen LogP contribution < -0.4 is 21.7 Å². The highest BCUT2D eigenvalue weighted by atomic mass is 16.4. The van der Waals surface area contributed by atoms with Crippen LogP contribution in [0.5, 0.6) is 0 Å². The summed E-state index contributed by atoms with van der Waals surface area (Å²) >= 11 is 0. The summed E-state index contributed by atoms with van der Waals surface area (Å²) in [5.41, 5.74) is 6.83. The molecule has 3 amide bonds. The van der Waals surface area contributed by atoms with Gasteiger partial charge in [-0.2, -0.15) is 0 Å². The molecule has 0 aromatic heterocycles. The summed E-state index contributed by atoms with van der Waals surface area (Å²) < 4.78 is 0. The van der Waals surface area contributed by atoms with Gasteiger partial charge in [-0.1, -0.05) is 44.2 Å². The highest BCUT2D eigenvalue weighted by molar-refractivity contribution is 5.93. The fourth-order valence-corrected chi connectivity index (χ4v) is 2.72. The van der Waals surface area contributed by atoms with Crippen LogP contribution in [0, 0.1) is 5.92 Å². The Morgan fingerprint density at radius 1 is 0.867 bits per heavy atom. The van der Waals surface area contributed by atoms with E-state index in [9.17, 15) is 19.2 Å². The van der Waals surface area contributed by atoms with E-state index in [-0.39, 0.29) is 5.92 Å². The first-order valence-electron chi connectivity index (χ1n) is 9.94. The minimum absolute atomic E-state index is 0.0744. The summed E-state index contributed by atoms with van der Waals surface area (Å²) in [6.07, 6.45) is 0.643. The minimum atomic E-state index is -1.17. The summed E-state index contributed by atoms with van der Waals surface area (Å²) in [6, 6.07) is 5.53. The zero-order valence-electron chi connectivity index (χ0n) is 17.8. The first-order chi connectivity index (χ1) is 14.0. The number of carbonyl (C=O) groups is 4. The van der Waals surface area contributed by atoms with E-state index in [1.54, 1.807) is 0 Å². The first-order valence-corrected chi connectivity index (χ1v) is 9.94. The van der Waals surface area contributed by atoms with Crippen LogP contribution in [0.3, 0.4) is 0 Å². The number of hydrogen-bond donors (Lipinski definition) is 5. The Morgan fingerprint density at radius 3 is 1.97 bits per heavy atom. The van der Waals surface area contributed by atoms with E-state index in [1.807, 2.05) is 44.2 Å². The van der Waals surface area contributed by atoms with E-state index in [4.69, 9.17) is 10.8 Å². The Morgan fingerprint density at radius 2 is 1.43 bits per heavy atom. The second kappa shape index (κ2) is 11.9. The zero-order chi connectivity index (χ0) is 22.8. The molecule has 0 spiro atoms. The average Bonchev–Trinajstić information content (AvgIpc) is 2.67. The third-order valence-electron chi connectivity index (χ3n) is 4.46. The lowest BCUT2D eigenvalue weighted by molar-refractivity contribution is -0.141. The lowest BCUT2D eigenvalue weighted by Crippen LogP contribution is -2.56. The third kappa shape index (κ3) is 8.60. The highest BCUT2D eigenvalue weighted by Crippen LogP contribution is 2.06. The number of amides is 3. The molecule has 1 aromatic rings. The molecule has 0 radical (unpaired) electrons. The Bertz CT molecular complexity index is 738. The van der Waals surface area contributed by atoms with Crippen LogP contribution in [-0.2, 0) is 25.6 Å². The molecule has 30 heavy (non-hydrogen) atoms. The van der Waals surface area contributed by atoms with Gasteiger partial charge in [0.05, 0.1) is 6.04 Å². The van der Waals surface area contributed by atoms with Crippen molar-refractivity contribution in [2.45, 2.75) is 64.7 Å². The van der Waals surface area contributed by atoms with Crippen molar-refractivity contribution in [3.8, 4) is 0 Å². The summed E-state index contributed by atoms with van der Waals surface area (Å²) in [5.74, 6) is -2.73. The van der Waals surface area contributed by atoms with Gasteiger partial charge in [0.2, 0.25) is 17.7 Å². The molecule has 0 aliphatic carbocycles. The van der Waals surface area contributed by atoms with E-state index in [0.29, 0.717) is 12.8 Å². The predicted octanol–water partition coefficient (Wildman–Crippen LogP) is 0.181. The maximum Gasteiger partial charge on any atom is 0.325 e. The van der Waals surface area contributed by atoms with Crippen molar-refractivity contribution in [2.24, 2.45) is 11.7 Å². The Hall–Kier alpha value is -2.94.